The first-order valence-electron chi connectivity index (χ1n) is 8.19. The van der Waals surface area contributed by atoms with Crippen LogP contribution in [-0.4, -0.2) is 49.1 Å². The second-order valence-corrected chi connectivity index (χ2v) is 5.65. The van der Waals surface area contributed by atoms with Crippen LogP contribution in [0.4, 0.5) is 4.79 Å². The number of nitrogens with two attached hydrogens (primary N) is 1. The van der Waals surface area contributed by atoms with Crippen LogP contribution in [0.2, 0.25) is 0 Å². The van der Waals surface area contributed by atoms with Crippen molar-refractivity contribution in [3.8, 4) is 0 Å². The summed E-state index contributed by atoms with van der Waals surface area (Å²) < 4.78 is 0. The molecule has 0 saturated carbocycles. The van der Waals surface area contributed by atoms with E-state index < -0.39 is 0 Å². The van der Waals surface area contributed by atoms with Crippen LogP contribution in [0.1, 0.15) is 46.5 Å². The molecule has 130 valence electrons. The van der Waals surface area contributed by atoms with E-state index in [1.807, 2.05) is 0 Å². The number of nitrogens with zero attached hydrogens (tertiary/aromatic N) is 2. The summed E-state index contributed by atoms with van der Waals surface area (Å²) in [6.07, 6.45) is 4.16. The third kappa shape index (κ3) is 7.51. The highest BCUT2D eigenvalue weighted by atomic mass is 127. The molecule has 1 aliphatic heterocycles. The van der Waals surface area contributed by atoms with Gasteiger partial charge in [-0.1, -0.05) is 26.7 Å². The van der Waals surface area contributed by atoms with Gasteiger partial charge in [-0.05, 0) is 25.7 Å². The Kier molecular flexibility index (Phi) is 11.4. The lowest BCUT2D eigenvalue weighted by Gasteiger charge is -2.32. The summed E-state index contributed by atoms with van der Waals surface area (Å²) in [5, 5.41) is 6.78. The van der Waals surface area contributed by atoms with Crippen LogP contribution in [0.15, 0.2) is 4.99 Å². The van der Waals surface area contributed by atoms with Crippen molar-refractivity contribution in [3.63, 3.8) is 0 Å². The predicted octanol–water partition coefficient (Wildman–Crippen LogP) is 2.14. The average molecular weight is 425 g/mol. The Morgan fingerprint density at radius 3 is 2.32 bits per heavy atom. The van der Waals surface area contributed by atoms with Gasteiger partial charge >= 0.3 is 6.03 Å². The van der Waals surface area contributed by atoms with Crippen LogP contribution in [0.5, 0.6) is 0 Å². The largest absolute Gasteiger partial charge is 0.357 e. The van der Waals surface area contributed by atoms with E-state index in [9.17, 15) is 4.79 Å². The number of aliphatic imine (C=N–C) groups is 1. The Labute approximate surface area is 151 Å². The smallest absolute Gasteiger partial charge is 0.314 e. The summed E-state index contributed by atoms with van der Waals surface area (Å²) in [5.74, 6) is 1.54. The first-order chi connectivity index (χ1) is 10.1. The monoisotopic (exact) mass is 425 g/mol. The number of piperidine rings is 1. The first kappa shape index (κ1) is 21.3. The Bertz CT molecular complexity index is 339. The standard InChI is InChI=1S/C15H31N5O.HI/c1-4-12(5-2)11-18-15(17-6-3)19-13-7-9-20(10-8-13)14(16)21;/h12-13H,4-11H2,1-3H3,(H2,16,21)(H2,17,18,19);1H. The number of guanidine groups is 1. The molecule has 0 aromatic rings. The number of urea groups is 1. The second kappa shape index (κ2) is 11.8. The number of likely N-dealkylation sites (tertiary alicyclic amines) is 1. The SMILES string of the molecule is CCNC(=NCC(CC)CC)NC1CCN(C(N)=O)CC1.I. The maximum atomic E-state index is 11.1. The van der Waals surface area contributed by atoms with Gasteiger partial charge in [-0.3, -0.25) is 4.99 Å². The van der Waals surface area contributed by atoms with Gasteiger partial charge in [0.25, 0.3) is 0 Å². The molecule has 0 radical (unpaired) electrons. The molecule has 0 aromatic heterocycles. The summed E-state index contributed by atoms with van der Waals surface area (Å²) in [6.45, 7) is 9.66. The molecule has 0 aliphatic carbocycles. The summed E-state index contributed by atoms with van der Waals surface area (Å²) in [6, 6.07) is 0.0443. The van der Waals surface area contributed by atoms with Crippen molar-refractivity contribution >= 4 is 36.0 Å². The first-order valence-corrected chi connectivity index (χ1v) is 8.19. The van der Waals surface area contributed by atoms with Gasteiger partial charge in [0, 0.05) is 32.2 Å². The van der Waals surface area contributed by atoms with Crippen LogP contribution in [-0.2, 0) is 0 Å². The minimum absolute atomic E-state index is 0. The zero-order valence-electron chi connectivity index (χ0n) is 14.1. The fourth-order valence-electron chi connectivity index (χ4n) is 2.52. The van der Waals surface area contributed by atoms with E-state index in [1.54, 1.807) is 4.90 Å². The zero-order valence-corrected chi connectivity index (χ0v) is 16.4. The molecule has 1 rings (SSSR count). The molecule has 2 amide bonds. The van der Waals surface area contributed by atoms with Crippen LogP contribution in [0.3, 0.4) is 0 Å². The lowest BCUT2D eigenvalue weighted by Crippen LogP contribution is -2.50. The van der Waals surface area contributed by atoms with Crippen LogP contribution >= 0.6 is 24.0 Å². The molecule has 1 saturated heterocycles. The van der Waals surface area contributed by atoms with Gasteiger partial charge in [0.05, 0.1) is 0 Å². The normalized spacial score (nSPS) is 16.4. The zero-order chi connectivity index (χ0) is 15.7. The predicted molar refractivity (Wildman–Crippen MR) is 103 cm³/mol. The fraction of sp³-hybridized carbons (Fsp3) is 0.867. The molecular weight excluding hydrogens is 393 g/mol. The van der Waals surface area contributed by atoms with E-state index in [-0.39, 0.29) is 30.0 Å². The Morgan fingerprint density at radius 2 is 1.86 bits per heavy atom. The summed E-state index contributed by atoms with van der Waals surface area (Å²) in [7, 11) is 0. The maximum absolute atomic E-state index is 11.1. The summed E-state index contributed by atoms with van der Waals surface area (Å²) in [5.41, 5.74) is 5.30. The third-order valence-electron chi connectivity index (χ3n) is 4.15. The number of amides is 2. The van der Waals surface area contributed by atoms with E-state index in [0.29, 0.717) is 12.0 Å². The van der Waals surface area contributed by atoms with Crippen molar-refractivity contribution < 1.29 is 4.79 Å². The number of halogens is 1. The lowest BCUT2D eigenvalue weighted by atomic mass is 10.0. The van der Waals surface area contributed by atoms with Crippen LogP contribution in [0.25, 0.3) is 0 Å². The minimum atomic E-state index is -0.317. The van der Waals surface area contributed by atoms with Crippen molar-refractivity contribution in [2.24, 2.45) is 16.6 Å². The number of carbonyl (C=O) groups is 1. The van der Waals surface area contributed by atoms with Gasteiger partial charge in [0.1, 0.15) is 0 Å². The van der Waals surface area contributed by atoms with Gasteiger partial charge in [0.2, 0.25) is 0 Å². The number of hydrogen-bond donors (Lipinski definition) is 3. The number of nitrogens with one attached hydrogen (secondary N) is 2. The molecule has 6 nitrogen and oxygen atoms in total. The van der Waals surface area contributed by atoms with Crippen molar-refractivity contribution in [1.82, 2.24) is 15.5 Å². The Morgan fingerprint density at radius 1 is 1.27 bits per heavy atom. The molecule has 0 bridgehead atoms. The highest BCUT2D eigenvalue weighted by molar-refractivity contribution is 14.0. The molecule has 4 N–H and O–H groups in total. The van der Waals surface area contributed by atoms with Gasteiger partial charge in [-0.2, -0.15) is 0 Å². The molecule has 1 aliphatic rings. The maximum Gasteiger partial charge on any atom is 0.314 e. The Hall–Kier alpha value is -0.730. The minimum Gasteiger partial charge on any atom is -0.357 e. The van der Waals surface area contributed by atoms with E-state index in [1.165, 1.54) is 0 Å². The average Bonchev–Trinajstić information content (AvgIpc) is 2.49. The topological polar surface area (TPSA) is 82.8 Å². The van der Waals surface area contributed by atoms with Crippen molar-refractivity contribution in [2.45, 2.75) is 52.5 Å². The quantitative estimate of drug-likeness (QED) is 0.347. The lowest BCUT2D eigenvalue weighted by molar-refractivity contribution is 0.188. The van der Waals surface area contributed by atoms with Gasteiger partial charge < -0.3 is 21.3 Å². The molecule has 1 heterocycles. The van der Waals surface area contributed by atoms with Crippen LogP contribution in [0, 0.1) is 5.92 Å². The third-order valence-corrected chi connectivity index (χ3v) is 4.15. The second-order valence-electron chi connectivity index (χ2n) is 5.65. The molecule has 0 atom stereocenters. The van der Waals surface area contributed by atoms with Gasteiger partial charge in [0.15, 0.2) is 5.96 Å². The van der Waals surface area contributed by atoms with E-state index >= 15 is 0 Å². The molecular formula is C15H32IN5O. The number of rotatable bonds is 6. The summed E-state index contributed by atoms with van der Waals surface area (Å²) >= 11 is 0. The number of hydrogen-bond acceptors (Lipinski definition) is 2. The molecule has 22 heavy (non-hydrogen) atoms. The number of primary amides is 1. The number of carbonyl (C=O) groups excluding carboxylic acids is 1. The van der Waals surface area contributed by atoms with Gasteiger partial charge in [-0.25, -0.2) is 4.79 Å². The van der Waals surface area contributed by atoms with E-state index in [2.05, 4.69) is 31.4 Å². The van der Waals surface area contributed by atoms with Gasteiger partial charge in [-0.15, -0.1) is 24.0 Å². The Balaban J connectivity index is 0.00000441. The van der Waals surface area contributed by atoms with E-state index in [0.717, 1.165) is 57.8 Å². The fourth-order valence-corrected chi connectivity index (χ4v) is 2.52. The highest BCUT2D eigenvalue weighted by Crippen LogP contribution is 2.10. The molecule has 0 spiro atoms. The van der Waals surface area contributed by atoms with Crippen molar-refractivity contribution in [1.29, 1.82) is 0 Å². The summed E-state index contributed by atoms with van der Waals surface area (Å²) in [4.78, 5) is 17.5. The molecule has 0 aromatic carbocycles. The van der Waals surface area contributed by atoms with Crippen molar-refractivity contribution in [2.75, 3.05) is 26.2 Å². The molecule has 1 fully saturated rings. The van der Waals surface area contributed by atoms with Crippen molar-refractivity contribution in [3.05, 3.63) is 0 Å². The van der Waals surface area contributed by atoms with Crippen LogP contribution < -0.4 is 16.4 Å². The molecule has 0 unspecified atom stereocenters. The van der Waals surface area contributed by atoms with E-state index in [4.69, 9.17) is 10.7 Å². The molecule has 7 heteroatoms. The highest BCUT2D eigenvalue weighted by Gasteiger charge is 2.21.